The van der Waals surface area contributed by atoms with Crippen molar-refractivity contribution in [1.29, 1.82) is 0 Å². The van der Waals surface area contributed by atoms with E-state index < -0.39 is 17.8 Å². The summed E-state index contributed by atoms with van der Waals surface area (Å²) >= 11 is 0. The molecule has 3 N–H and O–H groups in total. The summed E-state index contributed by atoms with van der Waals surface area (Å²) in [6.07, 6.45) is 2.88. The van der Waals surface area contributed by atoms with Crippen molar-refractivity contribution in [2.75, 3.05) is 31.8 Å². The van der Waals surface area contributed by atoms with Gasteiger partial charge < -0.3 is 20.6 Å². The quantitative estimate of drug-likeness (QED) is 0.200. The van der Waals surface area contributed by atoms with E-state index in [0.29, 0.717) is 28.3 Å². The Hall–Kier alpha value is -4.14. The van der Waals surface area contributed by atoms with Crippen LogP contribution in [0.4, 0.5) is 15.8 Å². The summed E-state index contributed by atoms with van der Waals surface area (Å²) in [6, 6.07) is 13.2. The molecule has 2 aromatic carbocycles. The van der Waals surface area contributed by atoms with Gasteiger partial charge in [0.25, 0.3) is 11.5 Å². The highest BCUT2D eigenvalue weighted by molar-refractivity contribution is 7.43. The number of benzene rings is 2. The Bertz CT molecular complexity index is 1650. The lowest BCUT2D eigenvalue weighted by molar-refractivity contribution is 0.102. The predicted molar refractivity (Wildman–Crippen MR) is 174 cm³/mol. The topological polar surface area (TPSA) is 112 Å². The molecule has 0 bridgehead atoms. The first-order valence-corrected chi connectivity index (χ1v) is 15.0. The number of aliphatic hydroxyl groups excluding tert-OH is 1. The molecule has 2 heterocycles. The molecule has 1 aliphatic heterocycles. The number of anilines is 2. The van der Waals surface area contributed by atoms with Gasteiger partial charge in [0.2, 0.25) is 0 Å². The van der Waals surface area contributed by atoms with Crippen LogP contribution in [-0.2, 0) is 12.5 Å². The minimum atomic E-state index is -0.846. The van der Waals surface area contributed by atoms with Gasteiger partial charge in [0.1, 0.15) is 23.4 Å². The van der Waals surface area contributed by atoms with Crippen molar-refractivity contribution in [3.05, 3.63) is 99.4 Å². The zero-order valence-corrected chi connectivity index (χ0v) is 26.4. The van der Waals surface area contributed by atoms with Crippen LogP contribution in [0.1, 0.15) is 36.7 Å². The van der Waals surface area contributed by atoms with Gasteiger partial charge in [-0.1, -0.05) is 59.5 Å². The van der Waals surface area contributed by atoms with E-state index in [4.69, 9.17) is 0 Å². The molecule has 4 rings (SSSR count). The monoisotopic (exact) mass is 604 g/mol. The number of amidine groups is 1. The van der Waals surface area contributed by atoms with Gasteiger partial charge in [-0.3, -0.25) is 14.6 Å². The first kappa shape index (κ1) is 31.8. The third-order valence-electron chi connectivity index (χ3n) is 7.06. The highest BCUT2D eigenvalue weighted by atomic mass is 31.1. The van der Waals surface area contributed by atoms with Gasteiger partial charge >= 0.3 is 0 Å². The van der Waals surface area contributed by atoms with Crippen LogP contribution in [0.3, 0.4) is 0 Å². The van der Waals surface area contributed by atoms with E-state index in [2.05, 4.69) is 41.5 Å². The van der Waals surface area contributed by atoms with Crippen LogP contribution in [0.25, 0.3) is 11.3 Å². The summed E-state index contributed by atoms with van der Waals surface area (Å²) in [5.41, 5.74) is 3.15. The fraction of sp³-hybridized carbons (Fsp3) is 0.312. The second kappa shape index (κ2) is 13.0. The number of aliphatic hydroxyl groups is 1. The molecule has 0 radical (unpaired) electrons. The average molecular weight is 605 g/mol. The Morgan fingerprint density at radius 3 is 2.42 bits per heavy atom. The van der Waals surface area contributed by atoms with E-state index in [1.165, 1.54) is 16.8 Å². The van der Waals surface area contributed by atoms with Crippen LogP contribution < -0.4 is 16.2 Å². The van der Waals surface area contributed by atoms with Crippen LogP contribution >= 0.6 is 8.58 Å². The van der Waals surface area contributed by atoms with Gasteiger partial charge in [-0.2, -0.15) is 5.10 Å². The molecule has 1 aromatic heterocycles. The van der Waals surface area contributed by atoms with Crippen molar-refractivity contribution in [2.45, 2.75) is 38.1 Å². The molecule has 1 amide bonds. The van der Waals surface area contributed by atoms with Crippen molar-refractivity contribution in [3.63, 3.8) is 0 Å². The van der Waals surface area contributed by atoms with Crippen LogP contribution in [-0.4, -0.2) is 64.6 Å². The molecule has 226 valence electrons. The van der Waals surface area contributed by atoms with Crippen molar-refractivity contribution < 1.29 is 14.3 Å². The number of aliphatic imine (C=N–C) groups is 1. The molecular formula is C32H38FN6O3P. The minimum Gasteiger partial charge on any atom is -0.380 e. The van der Waals surface area contributed by atoms with Crippen LogP contribution in [0, 0.1) is 5.82 Å². The molecule has 3 atom stereocenters. The Morgan fingerprint density at radius 2 is 1.84 bits per heavy atom. The smallest absolute Gasteiger partial charge is 0.289 e. The number of rotatable bonds is 7. The fourth-order valence-corrected chi connectivity index (χ4v) is 5.66. The second-order valence-corrected chi connectivity index (χ2v) is 12.8. The number of carbonyl (C=O) groups excluding carboxylic acids is 1. The zero-order chi connectivity index (χ0) is 31.5. The summed E-state index contributed by atoms with van der Waals surface area (Å²) in [5, 5.41) is 21.0. The Balaban J connectivity index is 1.53. The Kier molecular flexibility index (Phi) is 9.62. The number of halogens is 1. The number of likely N-dealkylation sites (N-methyl/N-ethyl adjacent to an activating group) is 1. The highest BCUT2D eigenvalue weighted by Gasteiger charge is 2.21. The van der Waals surface area contributed by atoms with Crippen molar-refractivity contribution in [3.8, 4) is 11.3 Å². The summed E-state index contributed by atoms with van der Waals surface area (Å²) in [5.74, 6) is 1.30. The minimum absolute atomic E-state index is 0.00759. The number of carbonyl (C=O) groups is 1. The maximum atomic E-state index is 14.8. The first-order valence-electron chi connectivity index (χ1n) is 13.8. The molecule has 0 aliphatic carbocycles. The summed E-state index contributed by atoms with van der Waals surface area (Å²) < 4.78 is 16.0. The normalized spacial score (nSPS) is 16.5. The average Bonchev–Trinajstić information content (AvgIpc) is 2.96. The van der Waals surface area contributed by atoms with E-state index in [1.54, 1.807) is 43.3 Å². The SMILES string of the molecule is CN=C(C(O)C1=CPC(Nc2cc(-c3ccc(F)c(NC(=O)c4ccc(C(C)(C)C)cc4)c3)nn(C)c2=O)C=C1)N(C)C. The maximum absolute atomic E-state index is 14.8. The van der Waals surface area contributed by atoms with Crippen LogP contribution in [0.5, 0.6) is 0 Å². The molecule has 0 spiro atoms. The predicted octanol–water partition coefficient (Wildman–Crippen LogP) is 4.96. The standard InChI is InChI=1S/C32H38FN6O3P/c1-32(2,3)22-12-8-19(9-13-22)30(41)36-25-16-20(10-14-23(25)33)24-17-26(31(42)39(7)37-24)35-27-15-11-21(18-43-27)28(40)29(34-4)38(5)6/h8-18,27-28,35,40,43H,1-7H3,(H,36,41). The van der Waals surface area contributed by atoms with E-state index in [-0.39, 0.29) is 31.0 Å². The molecule has 43 heavy (non-hydrogen) atoms. The summed E-state index contributed by atoms with van der Waals surface area (Å²) in [7, 11) is 7.09. The third kappa shape index (κ3) is 7.45. The number of aryl methyl sites for hydroxylation is 1. The lowest BCUT2D eigenvalue weighted by Gasteiger charge is -2.25. The van der Waals surface area contributed by atoms with Crippen LogP contribution in [0.15, 0.2) is 81.9 Å². The number of hydrogen-bond donors (Lipinski definition) is 3. The van der Waals surface area contributed by atoms with Crippen molar-refractivity contribution in [2.24, 2.45) is 12.0 Å². The molecule has 0 saturated heterocycles. The van der Waals surface area contributed by atoms with Gasteiger partial charge in [0, 0.05) is 39.3 Å². The molecule has 3 unspecified atom stereocenters. The van der Waals surface area contributed by atoms with E-state index in [0.717, 1.165) is 11.1 Å². The first-order chi connectivity index (χ1) is 20.3. The molecule has 0 fully saturated rings. The number of amides is 1. The molecule has 9 nitrogen and oxygen atoms in total. The zero-order valence-electron chi connectivity index (χ0n) is 25.4. The highest BCUT2D eigenvalue weighted by Crippen LogP contribution is 2.32. The van der Waals surface area contributed by atoms with Crippen molar-refractivity contribution in [1.82, 2.24) is 14.7 Å². The summed E-state index contributed by atoms with van der Waals surface area (Å²) in [6.45, 7) is 6.27. The number of nitrogens with one attached hydrogen (secondary N) is 2. The molecule has 0 saturated carbocycles. The van der Waals surface area contributed by atoms with E-state index >= 15 is 0 Å². The third-order valence-corrected chi connectivity index (χ3v) is 8.25. The number of nitrogens with zero attached hydrogens (tertiary/aromatic N) is 4. The van der Waals surface area contributed by atoms with E-state index in [9.17, 15) is 19.1 Å². The molecule has 3 aromatic rings. The molecule has 11 heteroatoms. The number of aromatic nitrogens is 2. The molecular weight excluding hydrogens is 566 g/mol. The lowest BCUT2D eigenvalue weighted by atomic mass is 9.87. The van der Waals surface area contributed by atoms with Crippen molar-refractivity contribution >= 4 is 31.7 Å². The largest absolute Gasteiger partial charge is 0.380 e. The Labute approximate surface area is 253 Å². The second-order valence-electron chi connectivity index (χ2n) is 11.5. The van der Waals surface area contributed by atoms with Gasteiger partial charge in [0.15, 0.2) is 0 Å². The summed E-state index contributed by atoms with van der Waals surface area (Å²) in [4.78, 5) is 31.8. The maximum Gasteiger partial charge on any atom is 0.289 e. The van der Waals surface area contributed by atoms with Gasteiger partial charge in [-0.05, 0) is 52.9 Å². The molecule has 1 aliphatic rings. The lowest BCUT2D eigenvalue weighted by Crippen LogP contribution is -2.35. The van der Waals surface area contributed by atoms with Gasteiger partial charge in [-0.15, -0.1) is 0 Å². The van der Waals surface area contributed by atoms with Crippen LogP contribution in [0.2, 0.25) is 0 Å². The van der Waals surface area contributed by atoms with Gasteiger partial charge in [0.05, 0.1) is 17.2 Å². The fourth-order valence-electron chi connectivity index (χ4n) is 4.59. The van der Waals surface area contributed by atoms with E-state index in [1.807, 2.05) is 44.2 Å². The Morgan fingerprint density at radius 1 is 1.14 bits per heavy atom. The van der Waals surface area contributed by atoms with Gasteiger partial charge in [-0.25, -0.2) is 9.07 Å². The number of hydrogen-bond acceptors (Lipinski definition) is 6.